The molecule has 0 aromatic rings. The number of amides is 1. The first-order chi connectivity index (χ1) is 9.11. The molecule has 0 spiro atoms. The maximum atomic E-state index is 11.0. The second-order valence-electron chi connectivity index (χ2n) is 5.00. The molecule has 0 aromatic carbocycles. The SMILES string of the molecule is COCCOCC(O)CN1CCC(NC(C)=O)CC1. The van der Waals surface area contributed by atoms with Gasteiger partial charge in [-0.05, 0) is 12.8 Å². The molecule has 1 heterocycles. The van der Waals surface area contributed by atoms with Gasteiger partial charge >= 0.3 is 0 Å². The van der Waals surface area contributed by atoms with E-state index in [1.807, 2.05) is 0 Å². The lowest BCUT2D eigenvalue weighted by atomic mass is 10.0. The van der Waals surface area contributed by atoms with E-state index in [9.17, 15) is 9.90 Å². The Morgan fingerprint density at radius 3 is 2.68 bits per heavy atom. The van der Waals surface area contributed by atoms with Gasteiger partial charge in [-0.3, -0.25) is 4.79 Å². The van der Waals surface area contributed by atoms with Crippen molar-refractivity contribution in [3.8, 4) is 0 Å². The molecule has 0 saturated carbocycles. The fraction of sp³-hybridized carbons (Fsp3) is 0.923. The summed E-state index contributed by atoms with van der Waals surface area (Å²) >= 11 is 0. The van der Waals surface area contributed by atoms with Crippen LogP contribution in [0.25, 0.3) is 0 Å². The first-order valence-corrected chi connectivity index (χ1v) is 6.86. The van der Waals surface area contributed by atoms with Crippen molar-refractivity contribution in [3.63, 3.8) is 0 Å². The summed E-state index contributed by atoms with van der Waals surface area (Å²) in [4.78, 5) is 13.2. The van der Waals surface area contributed by atoms with Crippen LogP contribution in [0.5, 0.6) is 0 Å². The predicted molar refractivity (Wildman–Crippen MR) is 72.0 cm³/mol. The normalized spacial score (nSPS) is 19.3. The lowest BCUT2D eigenvalue weighted by Crippen LogP contribution is -2.46. The van der Waals surface area contributed by atoms with Gasteiger partial charge in [0.05, 0.1) is 25.9 Å². The van der Waals surface area contributed by atoms with Gasteiger partial charge in [-0.25, -0.2) is 0 Å². The number of likely N-dealkylation sites (tertiary alicyclic amines) is 1. The molecule has 1 saturated heterocycles. The molecule has 0 aliphatic carbocycles. The largest absolute Gasteiger partial charge is 0.389 e. The quantitative estimate of drug-likeness (QED) is 0.590. The van der Waals surface area contributed by atoms with Crippen LogP contribution >= 0.6 is 0 Å². The smallest absolute Gasteiger partial charge is 0.217 e. The zero-order valence-electron chi connectivity index (χ0n) is 11.9. The Bertz CT molecular complexity index is 255. The van der Waals surface area contributed by atoms with Crippen LogP contribution in [-0.4, -0.2) is 74.6 Å². The van der Waals surface area contributed by atoms with Crippen molar-refractivity contribution in [2.24, 2.45) is 0 Å². The van der Waals surface area contributed by atoms with E-state index in [1.54, 1.807) is 14.0 Å². The maximum absolute atomic E-state index is 11.0. The Morgan fingerprint density at radius 1 is 1.42 bits per heavy atom. The Morgan fingerprint density at radius 2 is 2.11 bits per heavy atom. The van der Waals surface area contributed by atoms with Crippen molar-refractivity contribution in [1.29, 1.82) is 0 Å². The van der Waals surface area contributed by atoms with E-state index >= 15 is 0 Å². The number of hydrogen-bond donors (Lipinski definition) is 2. The lowest BCUT2D eigenvalue weighted by molar-refractivity contribution is -0.120. The highest BCUT2D eigenvalue weighted by molar-refractivity contribution is 5.73. The Balaban J connectivity index is 2.09. The minimum absolute atomic E-state index is 0.0324. The van der Waals surface area contributed by atoms with Crippen LogP contribution in [0.2, 0.25) is 0 Å². The van der Waals surface area contributed by atoms with Gasteiger partial charge in [0, 0.05) is 39.7 Å². The molecule has 1 atom stereocenters. The highest BCUT2D eigenvalue weighted by Gasteiger charge is 2.21. The summed E-state index contributed by atoms with van der Waals surface area (Å²) in [6.45, 7) is 5.38. The molecule has 1 aliphatic rings. The number of carbonyl (C=O) groups is 1. The number of methoxy groups -OCH3 is 1. The van der Waals surface area contributed by atoms with Crippen molar-refractivity contribution in [3.05, 3.63) is 0 Å². The zero-order chi connectivity index (χ0) is 14.1. The number of nitrogens with zero attached hydrogens (tertiary/aromatic N) is 1. The number of β-amino-alcohol motifs (C(OH)–C–C–N with tert-alkyl or cyclic N) is 1. The number of piperidine rings is 1. The summed E-state index contributed by atoms with van der Waals surface area (Å²) in [5.74, 6) is 0.0324. The fourth-order valence-electron chi connectivity index (χ4n) is 2.26. The summed E-state index contributed by atoms with van der Waals surface area (Å²) in [5.41, 5.74) is 0. The van der Waals surface area contributed by atoms with Gasteiger partial charge in [0.1, 0.15) is 0 Å². The van der Waals surface area contributed by atoms with E-state index in [4.69, 9.17) is 9.47 Å². The average molecular weight is 274 g/mol. The van der Waals surface area contributed by atoms with Crippen LogP contribution < -0.4 is 5.32 Å². The summed E-state index contributed by atoms with van der Waals surface area (Å²) in [6.07, 6.45) is 1.42. The van der Waals surface area contributed by atoms with E-state index in [2.05, 4.69) is 10.2 Å². The molecule has 6 heteroatoms. The molecule has 112 valence electrons. The molecule has 6 nitrogen and oxygen atoms in total. The Hall–Kier alpha value is -0.690. The number of hydrogen-bond acceptors (Lipinski definition) is 5. The third-order valence-electron chi connectivity index (χ3n) is 3.21. The zero-order valence-corrected chi connectivity index (χ0v) is 11.9. The molecule has 0 radical (unpaired) electrons. The number of nitrogens with one attached hydrogen (secondary N) is 1. The van der Waals surface area contributed by atoms with Gasteiger partial charge in [-0.2, -0.15) is 0 Å². The van der Waals surface area contributed by atoms with Gasteiger partial charge < -0.3 is 24.8 Å². The van der Waals surface area contributed by atoms with Gasteiger partial charge in [-0.1, -0.05) is 0 Å². The van der Waals surface area contributed by atoms with Crippen molar-refractivity contribution < 1.29 is 19.4 Å². The van der Waals surface area contributed by atoms with Crippen LogP contribution in [0.4, 0.5) is 0 Å². The van der Waals surface area contributed by atoms with Crippen LogP contribution in [0.3, 0.4) is 0 Å². The van der Waals surface area contributed by atoms with E-state index in [-0.39, 0.29) is 11.9 Å². The second-order valence-corrected chi connectivity index (χ2v) is 5.00. The van der Waals surface area contributed by atoms with E-state index < -0.39 is 6.10 Å². The van der Waals surface area contributed by atoms with Gasteiger partial charge in [0.15, 0.2) is 0 Å². The van der Waals surface area contributed by atoms with Gasteiger partial charge in [-0.15, -0.1) is 0 Å². The van der Waals surface area contributed by atoms with Gasteiger partial charge in [0.2, 0.25) is 5.91 Å². The van der Waals surface area contributed by atoms with Gasteiger partial charge in [0.25, 0.3) is 0 Å². The van der Waals surface area contributed by atoms with Crippen LogP contribution in [0.15, 0.2) is 0 Å². The summed E-state index contributed by atoms with van der Waals surface area (Å²) < 4.78 is 10.2. The summed E-state index contributed by atoms with van der Waals surface area (Å²) in [6, 6.07) is 0.281. The number of ether oxygens (including phenoxy) is 2. The highest BCUT2D eigenvalue weighted by atomic mass is 16.5. The minimum atomic E-state index is -0.464. The number of rotatable bonds is 8. The van der Waals surface area contributed by atoms with Crippen molar-refractivity contribution in [2.75, 3.05) is 46.6 Å². The number of aliphatic hydroxyl groups excluding tert-OH is 1. The van der Waals surface area contributed by atoms with Crippen LogP contribution in [0.1, 0.15) is 19.8 Å². The summed E-state index contributed by atoms with van der Waals surface area (Å²) in [5, 5.41) is 12.8. The van der Waals surface area contributed by atoms with E-state index in [0.29, 0.717) is 26.4 Å². The summed E-state index contributed by atoms with van der Waals surface area (Å²) in [7, 11) is 1.62. The molecule has 1 rings (SSSR count). The minimum Gasteiger partial charge on any atom is -0.389 e. The number of aliphatic hydroxyl groups is 1. The first kappa shape index (κ1) is 16.4. The molecule has 0 aromatic heterocycles. The molecule has 2 N–H and O–H groups in total. The molecule has 0 bridgehead atoms. The Labute approximate surface area is 115 Å². The molecule has 1 fully saturated rings. The van der Waals surface area contributed by atoms with Crippen molar-refractivity contribution in [1.82, 2.24) is 10.2 Å². The lowest BCUT2D eigenvalue weighted by Gasteiger charge is -2.33. The maximum Gasteiger partial charge on any atom is 0.217 e. The fourth-order valence-corrected chi connectivity index (χ4v) is 2.26. The standard InChI is InChI=1S/C13H26N2O4/c1-11(16)14-12-3-5-15(6-4-12)9-13(17)10-19-8-7-18-2/h12-13,17H,3-10H2,1-2H3,(H,14,16). The monoisotopic (exact) mass is 274 g/mol. The molecular formula is C13H26N2O4. The van der Waals surface area contributed by atoms with Crippen molar-refractivity contribution in [2.45, 2.75) is 31.9 Å². The first-order valence-electron chi connectivity index (χ1n) is 6.86. The van der Waals surface area contributed by atoms with E-state index in [1.165, 1.54) is 0 Å². The molecule has 1 aliphatic heterocycles. The number of carbonyl (C=O) groups excluding carboxylic acids is 1. The molecule has 1 amide bonds. The third-order valence-corrected chi connectivity index (χ3v) is 3.21. The molecular weight excluding hydrogens is 248 g/mol. The average Bonchev–Trinajstić information content (AvgIpc) is 2.36. The predicted octanol–water partition coefficient (Wildman–Crippen LogP) is -0.389. The second kappa shape index (κ2) is 9.25. The molecule has 1 unspecified atom stereocenters. The van der Waals surface area contributed by atoms with Crippen LogP contribution in [-0.2, 0) is 14.3 Å². The third kappa shape index (κ3) is 7.47. The van der Waals surface area contributed by atoms with E-state index in [0.717, 1.165) is 25.9 Å². The van der Waals surface area contributed by atoms with Crippen LogP contribution in [0, 0.1) is 0 Å². The molecule has 19 heavy (non-hydrogen) atoms. The highest BCUT2D eigenvalue weighted by Crippen LogP contribution is 2.10. The van der Waals surface area contributed by atoms with Crippen molar-refractivity contribution >= 4 is 5.91 Å². The topological polar surface area (TPSA) is 71.0 Å². The Kier molecular flexibility index (Phi) is 7.97.